The molecule has 0 unspecified atom stereocenters. The van der Waals surface area contributed by atoms with Crippen LogP contribution in [0.3, 0.4) is 0 Å². The van der Waals surface area contributed by atoms with Gasteiger partial charge < -0.3 is 9.47 Å². The lowest BCUT2D eigenvalue weighted by atomic mass is 10.1. The quantitative estimate of drug-likeness (QED) is 0.242. The van der Waals surface area contributed by atoms with E-state index in [-0.39, 0.29) is 0 Å². The number of esters is 1. The van der Waals surface area contributed by atoms with Crippen molar-refractivity contribution in [2.24, 2.45) is 0 Å². The SMILES string of the molecule is CCCN(Cc1ccc(OC(C)(C)C(=O)OCC)cc1)Cc1sc(-c2ccc(C(F)(F)F)cc2)nc1C. The minimum atomic E-state index is -4.36. The van der Waals surface area contributed by atoms with E-state index < -0.39 is 23.3 Å². The molecule has 5 nitrogen and oxygen atoms in total. The largest absolute Gasteiger partial charge is 0.476 e. The van der Waals surface area contributed by atoms with Crippen LogP contribution in [0.1, 0.15) is 55.8 Å². The molecule has 0 atom stereocenters. The smallest absolute Gasteiger partial charge is 0.416 e. The minimum absolute atomic E-state index is 0.295. The second kappa shape index (κ2) is 12.1. The molecule has 1 aromatic heterocycles. The molecular weight excluding hydrogens is 501 g/mol. The molecule has 0 N–H and O–H groups in total. The summed E-state index contributed by atoms with van der Waals surface area (Å²) >= 11 is 1.51. The number of aryl methyl sites for hydroxylation is 1. The van der Waals surface area contributed by atoms with Crippen LogP contribution in [0.2, 0.25) is 0 Å². The Hall–Kier alpha value is -2.91. The zero-order valence-corrected chi connectivity index (χ0v) is 22.6. The molecule has 2 aromatic carbocycles. The summed E-state index contributed by atoms with van der Waals surface area (Å²) < 4.78 is 49.6. The Morgan fingerprint density at radius 1 is 1.00 bits per heavy atom. The van der Waals surface area contributed by atoms with Crippen molar-refractivity contribution in [3.05, 3.63) is 70.2 Å². The first-order valence-electron chi connectivity index (χ1n) is 12.2. The lowest BCUT2D eigenvalue weighted by Gasteiger charge is -2.24. The predicted molar refractivity (Wildman–Crippen MR) is 139 cm³/mol. The van der Waals surface area contributed by atoms with Gasteiger partial charge in [0.2, 0.25) is 0 Å². The molecule has 9 heteroatoms. The first-order valence-corrected chi connectivity index (χ1v) is 13.1. The maximum Gasteiger partial charge on any atom is 0.416 e. The van der Waals surface area contributed by atoms with Gasteiger partial charge >= 0.3 is 12.1 Å². The van der Waals surface area contributed by atoms with Gasteiger partial charge in [-0.1, -0.05) is 31.2 Å². The number of hydrogen-bond acceptors (Lipinski definition) is 6. The van der Waals surface area contributed by atoms with Crippen molar-refractivity contribution in [1.82, 2.24) is 9.88 Å². The van der Waals surface area contributed by atoms with Crippen LogP contribution in [-0.2, 0) is 28.8 Å². The molecule has 0 amide bonds. The van der Waals surface area contributed by atoms with Crippen molar-refractivity contribution in [3.8, 4) is 16.3 Å². The molecule has 0 radical (unpaired) electrons. The summed E-state index contributed by atoms with van der Waals surface area (Å²) in [6.07, 6.45) is -3.39. The Bertz CT molecular complexity index is 1170. The Morgan fingerprint density at radius 3 is 2.22 bits per heavy atom. The van der Waals surface area contributed by atoms with Gasteiger partial charge in [0, 0.05) is 23.5 Å². The van der Waals surface area contributed by atoms with E-state index in [0.717, 1.165) is 41.2 Å². The van der Waals surface area contributed by atoms with E-state index in [1.807, 2.05) is 31.2 Å². The van der Waals surface area contributed by atoms with Crippen molar-refractivity contribution in [2.75, 3.05) is 13.2 Å². The maximum absolute atomic E-state index is 12.9. The third kappa shape index (κ3) is 7.79. The molecule has 0 saturated heterocycles. The Morgan fingerprint density at radius 2 is 1.65 bits per heavy atom. The van der Waals surface area contributed by atoms with Gasteiger partial charge in [0.15, 0.2) is 5.60 Å². The van der Waals surface area contributed by atoms with Crippen LogP contribution in [0.25, 0.3) is 10.6 Å². The van der Waals surface area contributed by atoms with Gasteiger partial charge in [0.1, 0.15) is 10.8 Å². The summed E-state index contributed by atoms with van der Waals surface area (Å²) in [5.74, 6) is 0.173. The zero-order valence-electron chi connectivity index (χ0n) is 21.8. The van der Waals surface area contributed by atoms with Crippen LogP contribution < -0.4 is 4.74 Å². The van der Waals surface area contributed by atoms with Crippen molar-refractivity contribution in [1.29, 1.82) is 0 Å². The number of ether oxygens (including phenoxy) is 2. The number of aromatic nitrogens is 1. The van der Waals surface area contributed by atoms with E-state index in [4.69, 9.17) is 9.47 Å². The van der Waals surface area contributed by atoms with Crippen LogP contribution in [0.5, 0.6) is 5.75 Å². The fourth-order valence-electron chi connectivity index (χ4n) is 3.80. The number of rotatable bonds is 11. The summed E-state index contributed by atoms with van der Waals surface area (Å²) in [4.78, 5) is 20.1. The summed E-state index contributed by atoms with van der Waals surface area (Å²) in [6, 6.07) is 12.8. The highest BCUT2D eigenvalue weighted by Gasteiger charge is 2.32. The molecule has 1 heterocycles. The lowest BCUT2D eigenvalue weighted by molar-refractivity contribution is -0.158. The van der Waals surface area contributed by atoms with E-state index in [2.05, 4.69) is 16.8 Å². The van der Waals surface area contributed by atoms with Crippen molar-refractivity contribution in [3.63, 3.8) is 0 Å². The molecule has 37 heavy (non-hydrogen) atoms. The topological polar surface area (TPSA) is 51.7 Å². The average Bonchev–Trinajstić information content (AvgIpc) is 3.20. The summed E-state index contributed by atoms with van der Waals surface area (Å²) in [5, 5.41) is 0.711. The number of halogens is 3. The van der Waals surface area contributed by atoms with E-state index >= 15 is 0 Å². The van der Waals surface area contributed by atoms with Crippen molar-refractivity contribution >= 4 is 17.3 Å². The average molecular weight is 535 g/mol. The fourth-order valence-corrected chi connectivity index (χ4v) is 4.91. The van der Waals surface area contributed by atoms with Gasteiger partial charge in [-0.25, -0.2) is 9.78 Å². The number of nitrogens with zero attached hydrogens (tertiary/aromatic N) is 2. The Kier molecular flexibility index (Phi) is 9.36. The van der Waals surface area contributed by atoms with Crippen molar-refractivity contribution < 1.29 is 27.4 Å². The van der Waals surface area contributed by atoms with Crippen LogP contribution in [0, 0.1) is 6.92 Å². The standard InChI is InChI=1S/C28H33F3N2O3S/c1-6-16-33(17-20-8-14-23(15-9-20)36-27(4,5)26(34)35-7-2)18-24-19(3)32-25(37-24)21-10-12-22(13-11-21)28(29,30)31/h8-15H,6-7,16-18H2,1-5H3. The first-order chi connectivity index (χ1) is 17.4. The molecule has 0 bridgehead atoms. The monoisotopic (exact) mass is 534 g/mol. The third-order valence-corrected chi connectivity index (χ3v) is 6.92. The molecule has 0 aliphatic heterocycles. The highest BCUT2D eigenvalue weighted by atomic mass is 32.1. The van der Waals surface area contributed by atoms with Crippen LogP contribution in [-0.4, -0.2) is 34.6 Å². The molecule has 200 valence electrons. The number of carbonyl (C=O) groups is 1. The number of thiazole rings is 1. The summed E-state index contributed by atoms with van der Waals surface area (Å²) in [5.41, 5.74) is 0.904. The molecule has 0 aliphatic carbocycles. The molecule has 0 fully saturated rings. The van der Waals surface area contributed by atoms with Crippen LogP contribution in [0.4, 0.5) is 13.2 Å². The van der Waals surface area contributed by atoms with Crippen LogP contribution >= 0.6 is 11.3 Å². The minimum Gasteiger partial charge on any atom is -0.476 e. The van der Waals surface area contributed by atoms with E-state index in [9.17, 15) is 18.0 Å². The molecule has 3 rings (SSSR count). The number of carbonyl (C=O) groups excluding carboxylic acids is 1. The van der Waals surface area contributed by atoms with Gasteiger partial charge in [-0.3, -0.25) is 4.90 Å². The van der Waals surface area contributed by atoms with E-state index in [1.165, 1.54) is 23.5 Å². The number of benzene rings is 2. The third-order valence-electron chi connectivity index (χ3n) is 5.73. The van der Waals surface area contributed by atoms with Crippen molar-refractivity contribution in [2.45, 2.75) is 65.9 Å². The zero-order chi connectivity index (χ0) is 27.2. The summed E-state index contributed by atoms with van der Waals surface area (Å²) in [7, 11) is 0. The van der Waals surface area contributed by atoms with E-state index in [1.54, 1.807) is 20.8 Å². The van der Waals surface area contributed by atoms with Crippen LogP contribution in [0.15, 0.2) is 48.5 Å². The number of hydrogen-bond donors (Lipinski definition) is 0. The maximum atomic E-state index is 12.9. The normalized spacial score (nSPS) is 12.1. The molecular formula is C28H33F3N2O3S. The second-order valence-electron chi connectivity index (χ2n) is 9.29. The molecule has 0 aliphatic rings. The predicted octanol–water partition coefficient (Wildman–Crippen LogP) is 7.27. The van der Waals surface area contributed by atoms with Gasteiger partial charge in [-0.15, -0.1) is 11.3 Å². The Labute approximate surface area is 220 Å². The molecule has 0 spiro atoms. The lowest BCUT2D eigenvalue weighted by Crippen LogP contribution is -2.39. The molecule has 3 aromatic rings. The summed E-state index contributed by atoms with van der Waals surface area (Å²) in [6.45, 7) is 11.7. The van der Waals surface area contributed by atoms with Gasteiger partial charge in [-0.2, -0.15) is 13.2 Å². The fraction of sp³-hybridized carbons (Fsp3) is 0.429. The van der Waals surface area contributed by atoms with Gasteiger partial charge in [-0.05, 0) is 70.5 Å². The highest BCUT2D eigenvalue weighted by Crippen LogP contribution is 2.33. The van der Waals surface area contributed by atoms with Gasteiger partial charge in [0.25, 0.3) is 0 Å². The highest BCUT2D eigenvalue weighted by molar-refractivity contribution is 7.15. The first kappa shape index (κ1) is 28.7. The van der Waals surface area contributed by atoms with Gasteiger partial charge in [0.05, 0.1) is 17.9 Å². The number of alkyl halides is 3. The second-order valence-corrected chi connectivity index (χ2v) is 10.4. The Balaban J connectivity index is 1.68. The van der Waals surface area contributed by atoms with E-state index in [0.29, 0.717) is 36.0 Å². The molecule has 0 saturated carbocycles.